The Morgan fingerprint density at radius 2 is 1.89 bits per heavy atom. The van der Waals surface area contributed by atoms with Crippen molar-refractivity contribution in [2.24, 2.45) is 13.0 Å². The molecule has 1 aromatic carbocycles. The zero-order valence-electron chi connectivity index (χ0n) is 16.5. The topological polar surface area (TPSA) is 65.1 Å². The van der Waals surface area contributed by atoms with Crippen molar-refractivity contribution in [1.82, 2.24) is 18.7 Å². The van der Waals surface area contributed by atoms with Gasteiger partial charge in [-0.3, -0.25) is 13.9 Å². The molecule has 0 saturated heterocycles. The van der Waals surface area contributed by atoms with E-state index in [1.54, 1.807) is 7.05 Å². The summed E-state index contributed by atoms with van der Waals surface area (Å²) in [7, 11) is 1.68. The lowest BCUT2D eigenvalue weighted by molar-refractivity contribution is 0.457. The highest BCUT2D eigenvalue weighted by Gasteiger charge is 2.29. The first kappa shape index (κ1) is 17.6. The Hall–Kier alpha value is -2.83. The maximum Gasteiger partial charge on any atom is 0.332 e. The average molecular weight is 367 g/mol. The largest absolute Gasteiger partial charge is 0.332 e. The van der Waals surface area contributed by atoms with Gasteiger partial charge in [0.1, 0.15) is 0 Å². The van der Waals surface area contributed by atoms with Crippen LogP contribution >= 0.6 is 0 Å². The Morgan fingerprint density at radius 1 is 1.15 bits per heavy atom. The lowest BCUT2D eigenvalue weighted by Crippen LogP contribution is -2.40. The van der Waals surface area contributed by atoms with E-state index in [9.17, 15) is 9.59 Å². The van der Waals surface area contributed by atoms with Crippen molar-refractivity contribution in [3.8, 4) is 0 Å². The van der Waals surface area contributed by atoms with Crippen LogP contribution in [0.3, 0.4) is 0 Å². The second-order valence-electron chi connectivity index (χ2n) is 7.57. The van der Waals surface area contributed by atoms with Gasteiger partial charge in [0.2, 0.25) is 5.95 Å². The summed E-state index contributed by atoms with van der Waals surface area (Å²) in [6.45, 7) is 10.1. The van der Waals surface area contributed by atoms with Gasteiger partial charge < -0.3 is 9.47 Å². The third-order valence-corrected chi connectivity index (χ3v) is 5.56. The van der Waals surface area contributed by atoms with Gasteiger partial charge in [-0.25, -0.2) is 4.79 Å². The predicted molar refractivity (Wildman–Crippen MR) is 107 cm³/mol. The van der Waals surface area contributed by atoms with E-state index in [0.29, 0.717) is 30.2 Å². The molecule has 0 saturated carbocycles. The van der Waals surface area contributed by atoms with E-state index < -0.39 is 0 Å². The molecule has 3 aromatic rings. The molecule has 0 unspecified atom stereocenters. The lowest BCUT2D eigenvalue weighted by atomic mass is 10.1. The highest BCUT2D eigenvalue weighted by Crippen LogP contribution is 2.33. The number of nitrogens with zero attached hydrogens (tertiary/aromatic N) is 5. The van der Waals surface area contributed by atoms with Crippen molar-refractivity contribution in [3.63, 3.8) is 0 Å². The molecule has 0 fully saturated rings. The molecule has 1 atom stereocenters. The standard InChI is InChI=1S/C20H25N5O2/c1-6-23-18(26)16-17(22(5)20(23)27)21-19-24(10-12(2)11-25(16)19)15-8-7-13(3)14(4)9-15/h7-9,12H,6,10-11H2,1-5H3/t12-/m0/s1. The molecule has 0 spiro atoms. The number of aryl methyl sites for hydroxylation is 3. The number of benzene rings is 1. The van der Waals surface area contributed by atoms with Crippen LogP contribution in [0.5, 0.6) is 0 Å². The lowest BCUT2D eigenvalue weighted by Gasteiger charge is -2.33. The first-order chi connectivity index (χ1) is 12.8. The fourth-order valence-corrected chi connectivity index (χ4v) is 3.90. The molecule has 142 valence electrons. The summed E-state index contributed by atoms with van der Waals surface area (Å²) < 4.78 is 4.73. The molecule has 3 heterocycles. The van der Waals surface area contributed by atoms with Crippen LogP contribution in [0.4, 0.5) is 11.6 Å². The number of hydrogen-bond donors (Lipinski definition) is 0. The summed E-state index contributed by atoms with van der Waals surface area (Å²) in [5.41, 5.74) is 3.89. The fourth-order valence-electron chi connectivity index (χ4n) is 3.90. The van der Waals surface area contributed by atoms with Gasteiger partial charge in [-0.15, -0.1) is 0 Å². The Bertz CT molecular complexity index is 1170. The van der Waals surface area contributed by atoms with Gasteiger partial charge in [-0.05, 0) is 49.9 Å². The van der Waals surface area contributed by atoms with Crippen LogP contribution in [0.2, 0.25) is 0 Å². The predicted octanol–water partition coefficient (Wildman–Crippen LogP) is 2.32. The van der Waals surface area contributed by atoms with Crippen molar-refractivity contribution in [3.05, 3.63) is 50.2 Å². The van der Waals surface area contributed by atoms with Crippen molar-refractivity contribution in [2.75, 3.05) is 11.4 Å². The third-order valence-electron chi connectivity index (χ3n) is 5.56. The van der Waals surface area contributed by atoms with Crippen LogP contribution in [0.25, 0.3) is 11.2 Å². The summed E-state index contributed by atoms with van der Waals surface area (Å²) >= 11 is 0. The van der Waals surface area contributed by atoms with Gasteiger partial charge in [-0.2, -0.15) is 4.98 Å². The summed E-state index contributed by atoms with van der Waals surface area (Å²) in [5.74, 6) is 1.08. The van der Waals surface area contributed by atoms with E-state index in [0.717, 1.165) is 18.2 Å². The average Bonchev–Trinajstić information content (AvgIpc) is 3.01. The number of fused-ring (bicyclic) bond motifs is 3. The summed E-state index contributed by atoms with van der Waals surface area (Å²) in [6, 6.07) is 6.35. The summed E-state index contributed by atoms with van der Waals surface area (Å²) in [5, 5.41) is 0. The van der Waals surface area contributed by atoms with Crippen molar-refractivity contribution in [1.29, 1.82) is 0 Å². The minimum Gasteiger partial charge on any atom is -0.312 e. The number of rotatable bonds is 2. The molecular weight excluding hydrogens is 342 g/mol. The molecule has 0 bridgehead atoms. The number of imidazole rings is 1. The van der Waals surface area contributed by atoms with Crippen LogP contribution in [0, 0.1) is 19.8 Å². The molecule has 0 amide bonds. The number of aromatic nitrogens is 4. The molecule has 2 aromatic heterocycles. The van der Waals surface area contributed by atoms with Gasteiger partial charge in [0.15, 0.2) is 11.2 Å². The van der Waals surface area contributed by atoms with Crippen molar-refractivity contribution >= 4 is 22.8 Å². The molecule has 27 heavy (non-hydrogen) atoms. The van der Waals surface area contributed by atoms with Gasteiger partial charge in [-0.1, -0.05) is 13.0 Å². The Labute approximate surface area is 157 Å². The molecule has 0 N–H and O–H groups in total. The second kappa shape index (κ2) is 6.11. The summed E-state index contributed by atoms with van der Waals surface area (Å²) in [6.07, 6.45) is 0. The van der Waals surface area contributed by atoms with Crippen LogP contribution < -0.4 is 16.1 Å². The molecule has 7 nitrogen and oxygen atoms in total. The Morgan fingerprint density at radius 3 is 2.56 bits per heavy atom. The third kappa shape index (κ3) is 2.52. The SMILES string of the molecule is CCn1c(=O)c2c(nc3n2C[C@@H](C)CN3c2ccc(C)c(C)c2)n(C)c1=O. The van der Waals surface area contributed by atoms with E-state index >= 15 is 0 Å². The van der Waals surface area contributed by atoms with Crippen LogP contribution in [-0.4, -0.2) is 25.2 Å². The molecular formula is C20H25N5O2. The van der Waals surface area contributed by atoms with Gasteiger partial charge >= 0.3 is 5.69 Å². The minimum atomic E-state index is -0.323. The number of anilines is 2. The van der Waals surface area contributed by atoms with E-state index in [-0.39, 0.29) is 11.2 Å². The molecule has 1 aliphatic heterocycles. The van der Waals surface area contributed by atoms with Crippen LogP contribution in [-0.2, 0) is 20.1 Å². The zero-order valence-corrected chi connectivity index (χ0v) is 16.5. The minimum absolute atomic E-state index is 0.261. The van der Waals surface area contributed by atoms with Crippen molar-refractivity contribution < 1.29 is 0 Å². The van der Waals surface area contributed by atoms with Crippen LogP contribution in [0.1, 0.15) is 25.0 Å². The maximum absolute atomic E-state index is 13.0. The highest BCUT2D eigenvalue weighted by atomic mass is 16.2. The van der Waals surface area contributed by atoms with Gasteiger partial charge in [0.25, 0.3) is 5.56 Å². The normalized spacial score (nSPS) is 16.8. The first-order valence-corrected chi connectivity index (χ1v) is 9.38. The van der Waals surface area contributed by atoms with E-state index in [1.165, 1.54) is 20.3 Å². The van der Waals surface area contributed by atoms with Gasteiger partial charge in [0.05, 0.1) is 0 Å². The summed E-state index contributed by atoms with van der Waals surface area (Å²) in [4.78, 5) is 32.4. The maximum atomic E-state index is 13.0. The van der Waals surface area contributed by atoms with Crippen LogP contribution in [0.15, 0.2) is 27.8 Å². The molecule has 0 radical (unpaired) electrons. The second-order valence-corrected chi connectivity index (χ2v) is 7.57. The number of hydrogen-bond acceptors (Lipinski definition) is 4. The molecule has 0 aliphatic carbocycles. The molecule has 4 rings (SSSR count). The van der Waals surface area contributed by atoms with E-state index in [4.69, 9.17) is 4.98 Å². The molecule has 1 aliphatic rings. The van der Waals surface area contributed by atoms with Crippen molar-refractivity contribution in [2.45, 2.75) is 40.8 Å². The fraction of sp³-hybridized carbons (Fsp3) is 0.450. The quantitative estimate of drug-likeness (QED) is 0.697. The zero-order chi connectivity index (χ0) is 19.5. The first-order valence-electron chi connectivity index (χ1n) is 9.38. The Kier molecular flexibility index (Phi) is 3.98. The molecule has 7 heteroatoms. The monoisotopic (exact) mass is 367 g/mol. The van der Waals surface area contributed by atoms with E-state index in [1.807, 2.05) is 11.5 Å². The highest BCUT2D eigenvalue weighted by molar-refractivity contribution is 5.77. The van der Waals surface area contributed by atoms with E-state index in [2.05, 4.69) is 43.9 Å². The Balaban J connectivity index is 2.03. The van der Waals surface area contributed by atoms with Gasteiger partial charge in [0, 0.05) is 32.4 Å². The smallest absolute Gasteiger partial charge is 0.312 e.